The standard InChI is InChI=1S/C17H19ClN2O2/c1-12-9-14(18)7-8-15(12)19-11-17(21)20-10-13-5-3-4-6-16(13)22-2/h3-9,19H,10-11H2,1-2H3,(H,20,21). The summed E-state index contributed by atoms with van der Waals surface area (Å²) in [5.74, 6) is 0.685. The SMILES string of the molecule is COc1ccccc1CNC(=O)CNc1ccc(Cl)cc1C. The molecule has 0 spiro atoms. The lowest BCUT2D eigenvalue weighted by molar-refractivity contribution is -0.119. The fourth-order valence-electron chi connectivity index (χ4n) is 2.11. The van der Waals surface area contributed by atoms with E-state index in [1.807, 2.05) is 43.3 Å². The first-order chi connectivity index (χ1) is 10.6. The van der Waals surface area contributed by atoms with Crippen LogP contribution in [-0.2, 0) is 11.3 Å². The monoisotopic (exact) mass is 318 g/mol. The van der Waals surface area contributed by atoms with E-state index in [-0.39, 0.29) is 12.5 Å². The molecule has 22 heavy (non-hydrogen) atoms. The van der Waals surface area contributed by atoms with Crippen molar-refractivity contribution in [1.29, 1.82) is 0 Å². The van der Waals surface area contributed by atoms with Gasteiger partial charge in [-0.15, -0.1) is 0 Å². The van der Waals surface area contributed by atoms with Crippen LogP contribution in [0.3, 0.4) is 0 Å². The second-order valence-electron chi connectivity index (χ2n) is 4.90. The first-order valence-electron chi connectivity index (χ1n) is 6.99. The molecular formula is C17H19ClN2O2. The Hall–Kier alpha value is -2.20. The quantitative estimate of drug-likeness (QED) is 0.858. The molecule has 0 radical (unpaired) electrons. The summed E-state index contributed by atoms with van der Waals surface area (Å²) in [4.78, 5) is 11.9. The minimum absolute atomic E-state index is 0.0831. The Kier molecular flexibility index (Phi) is 5.67. The molecule has 2 N–H and O–H groups in total. The van der Waals surface area contributed by atoms with Crippen molar-refractivity contribution in [2.24, 2.45) is 0 Å². The number of halogens is 1. The topological polar surface area (TPSA) is 50.4 Å². The van der Waals surface area contributed by atoms with E-state index in [2.05, 4.69) is 10.6 Å². The Bertz CT molecular complexity index is 659. The highest BCUT2D eigenvalue weighted by Gasteiger charge is 2.06. The number of rotatable bonds is 6. The van der Waals surface area contributed by atoms with Crippen molar-refractivity contribution in [2.45, 2.75) is 13.5 Å². The second kappa shape index (κ2) is 7.71. The molecule has 5 heteroatoms. The van der Waals surface area contributed by atoms with Gasteiger partial charge in [-0.1, -0.05) is 29.8 Å². The van der Waals surface area contributed by atoms with Crippen molar-refractivity contribution in [3.05, 3.63) is 58.6 Å². The van der Waals surface area contributed by atoms with E-state index in [9.17, 15) is 4.79 Å². The molecule has 2 aromatic rings. The normalized spacial score (nSPS) is 10.1. The van der Waals surface area contributed by atoms with Gasteiger partial charge in [0.15, 0.2) is 0 Å². The fraction of sp³-hybridized carbons (Fsp3) is 0.235. The average molecular weight is 319 g/mol. The molecule has 116 valence electrons. The van der Waals surface area contributed by atoms with Gasteiger partial charge in [-0.3, -0.25) is 4.79 Å². The molecule has 0 bridgehead atoms. The summed E-state index contributed by atoms with van der Waals surface area (Å²) in [7, 11) is 1.62. The Morgan fingerprint density at radius 1 is 1.23 bits per heavy atom. The van der Waals surface area contributed by atoms with E-state index in [4.69, 9.17) is 16.3 Å². The molecule has 0 fully saturated rings. The summed E-state index contributed by atoms with van der Waals surface area (Å²) in [6, 6.07) is 13.1. The highest BCUT2D eigenvalue weighted by molar-refractivity contribution is 6.30. The summed E-state index contributed by atoms with van der Waals surface area (Å²) in [5.41, 5.74) is 2.85. The molecule has 1 amide bonds. The van der Waals surface area contributed by atoms with Gasteiger partial charge in [-0.25, -0.2) is 0 Å². The van der Waals surface area contributed by atoms with Crippen molar-refractivity contribution < 1.29 is 9.53 Å². The lowest BCUT2D eigenvalue weighted by atomic mass is 10.2. The van der Waals surface area contributed by atoms with Gasteiger partial charge in [-0.2, -0.15) is 0 Å². The Morgan fingerprint density at radius 2 is 2.00 bits per heavy atom. The molecule has 0 atom stereocenters. The van der Waals surface area contributed by atoms with Crippen LogP contribution in [0.2, 0.25) is 5.02 Å². The number of ether oxygens (including phenoxy) is 1. The molecule has 2 rings (SSSR count). The summed E-state index contributed by atoms with van der Waals surface area (Å²) in [5, 5.41) is 6.65. The number of benzene rings is 2. The average Bonchev–Trinajstić information content (AvgIpc) is 2.52. The van der Waals surface area contributed by atoms with E-state index in [0.29, 0.717) is 11.6 Å². The van der Waals surface area contributed by atoms with Crippen LogP contribution in [-0.4, -0.2) is 19.6 Å². The van der Waals surface area contributed by atoms with Gasteiger partial charge in [0.25, 0.3) is 0 Å². The van der Waals surface area contributed by atoms with Crippen molar-refractivity contribution in [3.8, 4) is 5.75 Å². The maximum atomic E-state index is 11.9. The lowest BCUT2D eigenvalue weighted by Gasteiger charge is -2.12. The van der Waals surface area contributed by atoms with Crippen molar-refractivity contribution in [1.82, 2.24) is 5.32 Å². The Balaban J connectivity index is 1.85. The van der Waals surface area contributed by atoms with Gasteiger partial charge in [0.1, 0.15) is 5.75 Å². The molecule has 0 aliphatic carbocycles. The number of amides is 1. The predicted molar refractivity (Wildman–Crippen MR) is 89.5 cm³/mol. The van der Waals surface area contributed by atoms with Gasteiger partial charge in [0, 0.05) is 22.8 Å². The summed E-state index contributed by atoms with van der Waals surface area (Å²) in [6.45, 7) is 2.59. The third-order valence-corrected chi connectivity index (χ3v) is 3.53. The molecule has 2 aromatic carbocycles. The number of para-hydroxylation sites is 1. The molecule has 0 heterocycles. The third-order valence-electron chi connectivity index (χ3n) is 3.30. The van der Waals surface area contributed by atoms with Gasteiger partial charge < -0.3 is 15.4 Å². The van der Waals surface area contributed by atoms with Crippen molar-refractivity contribution >= 4 is 23.2 Å². The van der Waals surface area contributed by atoms with Crippen LogP contribution in [0.1, 0.15) is 11.1 Å². The number of carbonyl (C=O) groups excluding carboxylic acids is 1. The number of carbonyl (C=O) groups is 1. The van der Waals surface area contributed by atoms with Crippen LogP contribution in [0.25, 0.3) is 0 Å². The largest absolute Gasteiger partial charge is 0.496 e. The second-order valence-corrected chi connectivity index (χ2v) is 5.34. The first-order valence-corrected chi connectivity index (χ1v) is 7.36. The molecule has 0 aliphatic heterocycles. The van der Waals surface area contributed by atoms with Crippen LogP contribution in [0.4, 0.5) is 5.69 Å². The van der Waals surface area contributed by atoms with Crippen LogP contribution in [0, 0.1) is 6.92 Å². The lowest BCUT2D eigenvalue weighted by Crippen LogP contribution is -2.29. The zero-order chi connectivity index (χ0) is 15.9. The number of aryl methyl sites for hydroxylation is 1. The van der Waals surface area contributed by atoms with Crippen LogP contribution >= 0.6 is 11.6 Å². The molecular weight excluding hydrogens is 300 g/mol. The van der Waals surface area contributed by atoms with Crippen LogP contribution in [0.15, 0.2) is 42.5 Å². The zero-order valence-corrected chi connectivity index (χ0v) is 13.4. The predicted octanol–water partition coefficient (Wildman–Crippen LogP) is 3.39. The number of nitrogens with one attached hydrogen (secondary N) is 2. The molecule has 0 aromatic heterocycles. The summed E-state index contributed by atoms with van der Waals surface area (Å²) in [6.07, 6.45) is 0. The first kappa shape index (κ1) is 16.2. The maximum absolute atomic E-state index is 11.9. The minimum atomic E-state index is -0.0831. The van der Waals surface area contributed by atoms with E-state index in [1.54, 1.807) is 13.2 Å². The summed E-state index contributed by atoms with van der Waals surface area (Å²) >= 11 is 5.91. The zero-order valence-electron chi connectivity index (χ0n) is 12.7. The highest BCUT2D eigenvalue weighted by Crippen LogP contribution is 2.19. The van der Waals surface area contributed by atoms with Crippen LogP contribution < -0.4 is 15.4 Å². The Morgan fingerprint density at radius 3 is 2.73 bits per heavy atom. The smallest absolute Gasteiger partial charge is 0.239 e. The fourth-order valence-corrected chi connectivity index (χ4v) is 2.33. The van der Waals surface area contributed by atoms with Crippen LogP contribution in [0.5, 0.6) is 5.75 Å². The summed E-state index contributed by atoms with van der Waals surface area (Å²) < 4.78 is 5.25. The molecule has 4 nitrogen and oxygen atoms in total. The number of methoxy groups -OCH3 is 1. The number of hydrogen-bond acceptors (Lipinski definition) is 3. The number of anilines is 1. The van der Waals surface area contributed by atoms with Gasteiger partial charge in [0.05, 0.1) is 13.7 Å². The van der Waals surface area contributed by atoms with Gasteiger partial charge >= 0.3 is 0 Å². The molecule has 0 unspecified atom stereocenters. The van der Waals surface area contributed by atoms with E-state index < -0.39 is 0 Å². The third kappa shape index (κ3) is 4.40. The molecule has 0 saturated heterocycles. The van der Waals surface area contributed by atoms with Gasteiger partial charge in [0.2, 0.25) is 5.91 Å². The Labute approximate surface area is 135 Å². The minimum Gasteiger partial charge on any atom is -0.496 e. The number of hydrogen-bond donors (Lipinski definition) is 2. The van der Waals surface area contributed by atoms with E-state index in [1.165, 1.54) is 0 Å². The molecule has 0 aliphatic rings. The van der Waals surface area contributed by atoms with Crippen molar-refractivity contribution in [2.75, 3.05) is 19.0 Å². The highest BCUT2D eigenvalue weighted by atomic mass is 35.5. The van der Waals surface area contributed by atoms with Crippen molar-refractivity contribution in [3.63, 3.8) is 0 Å². The molecule has 0 saturated carbocycles. The van der Waals surface area contributed by atoms with E-state index >= 15 is 0 Å². The maximum Gasteiger partial charge on any atom is 0.239 e. The van der Waals surface area contributed by atoms with E-state index in [0.717, 1.165) is 22.6 Å². The van der Waals surface area contributed by atoms with Gasteiger partial charge in [-0.05, 0) is 36.8 Å².